The van der Waals surface area contributed by atoms with Gasteiger partial charge in [0, 0.05) is 24.3 Å². The summed E-state index contributed by atoms with van der Waals surface area (Å²) < 4.78 is 11.6. The van der Waals surface area contributed by atoms with E-state index < -0.39 is 0 Å². The van der Waals surface area contributed by atoms with Gasteiger partial charge in [0.05, 0.1) is 13.2 Å². The van der Waals surface area contributed by atoms with Crippen molar-refractivity contribution in [2.75, 3.05) is 52.6 Å². The molecule has 138 valence electrons. The average molecular weight is 337 g/mol. The van der Waals surface area contributed by atoms with E-state index in [-0.39, 0.29) is 0 Å². The Morgan fingerprint density at radius 2 is 1.67 bits per heavy atom. The monoisotopic (exact) mass is 336 g/mol. The van der Waals surface area contributed by atoms with Crippen molar-refractivity contribution >= 4 is 0 Å². The Kier molecular flexibility index (Phi) is 4.94. The van der Waals surface area contributed by atoms with Gasteiger partial charge < -0.3 is 9.47 Å². The van der Waals surface area contributed by atoms with Crippen LogP contribution in [0.3, 0.4) is 0 Å². The number of hydrogen-bond acceptors (Lipinski definition) is 4. The highest BCUT2D eigenvalue weighted by molar-refractivity contribution is 5.05. The average Bonchev–Trinajstić information content (AvgIpc) is 3.36. The fraction of sp³-hybridized carbons (Fsp3) is 1.00. The van der Waals surface area contributed by atoms with Crippen molar-refractivity contribution < 1.29 is 9.47 Å². The van der Waals surface area contributed by atoms with Crippen LogP contribution in [0.1, 0.15) is 52.4 Å². The lowest BCUT2D eigenvalue weighted by molar-refractivity contribution is 0.0629. The molecule has 24 heavy (non-hydrogen) atoms. The van der Waals surface area contributed by atoms with E-state index in [4.69, 9.17) is 9.47 Å². The van der Waals surface area contributed by atoms with Crippen LogP contribution in [0, 0.1) is 11.8 Å². The summed E-state index contributed by atoms with van der Waals surface area (Å²) in [4.78, 5) is 5.50. The molecule has 0 saturated carbocycles. The van der Waals surface area contributed by atoms with Crippen molar-refractivity contribution in [3.05, 3.63) is 0 Å². The highest BCUT2D eigenvalue weighted by Crippen LogP contribution is 2.44. The van der Waals surface area contributed by atoms with E-state index in [1.807, 2.05) is 0 Å². The minimum atomic E-state index is 0.374. The summed E-state index contributed by atoms with van der Waals surface area (Å²) in [5.74, 6) is 1.65. The van der Waals surface area contributed by atoms with Crippen LogP contribution in [0.15, 0.2) is 0 Å². The SMILES string of the molecule is CCN1CC[C@H](CCCN2CC[C@H](C)[C@]23CCOC3)[C@@]12CCOC2. The van der Waals surface area contributed by atoms with Gasteiger partial charge in [0.1, 0.15) is 0 Å². The Labute approximate surface area is 147 Å². The standard InChI is InChI=1S/C20H36N2O2/c1-3-21-12-7-18(20(21)9-14-24-16-20)5-4-10-22-11-6-17(2)19(22)8-13-23-15-19/h17-18H,3-16H2,1-2H3/t17-,18-,19+,20-/m0/s1. The lowest BCUT2D eigenvalue weighted by atomic mass is 9.80. The maximum Gasteiger partial charge on any atom is 0.0654 e. The minimum Gasteiger partial charge on any atom is -0.379 e. The van der Waals surface area contributed by atoms with Gasteiger partial charge in [-0.05, 0) is 76.5 Å². The number of rotatable bonds is 5. The van der Waals surface area contributed by atoms with E-state index in [0.29, 0.717) is 11.1 Å². The molecule has 0 bridgehead atoms. The summed E-state index contributed by atoms with van der Waals surface area (Å²) in [6.07, 6.45) is 7.96. The Morgan fingerprint density at radius 3 is 2.33 bits per heavy atom. The summed E-state index contributed by atoms with van der Waals surface area (Å²) in [7, 11) is 0. The van der Waals surface area contributed by atoms with Crippen molar-refractivity contribution in [3.8, 4) is 0 Å². The Balaban J connectivity index is 1.34. The molecule has 4 heteroatoms. The highest BCUT2D eigenvalue weighted by Gasteiger charge is 2.51. The molecule has 4 saturated heterocycles. The lowest BCUT2D eigenvalue weighted by Crippen LogP contribution is -2.49. The van der Waals surface area contributed by atoms with Crippen molar-refractivity contribution in [1.29, 1.82) is 0 Å². The molecule has 2 spiro atoms. The molecule has 0 radical (unpaired) electrons. The zero-order valence-electron chi connectivity index (χ0n) is 15.8. The second kappa shape index (κ2) is 6.86. The van der Waals surface area contributed by atoms with E-state index in [0.717, 1.165) is 38.3 Å². The second-order valence-corrected chi connectivity index (χ2v) is 8.70. The van der Waals surface area contributed by atoms with Crippen LogP contribution in [0.2, 0.25) is 0 Å². The molecular formula is C20H36N2O2. The second-order valence-electron chi connectivity index (χ2n) is 8.70. The van der Waals surface area contributed by atoms with Crippen LogP contribution in [0.4, 0.5) is 0 Å². The molecule has 4 atom stereocenters. The molecule has 0 aromatic rings. The van der Waals surface area contributed by atoms with Crippen LogP contribution in [0.25, 0.3) is 0 Å². The molecule has 4 aliphatic rings. The topological polar surface area (TPSA) is 24.9 Å². The molecule has 4 heterocycles. The third-order valence-corrected chi connectivity index (χ3v) is 7.94. The van der Waals surface area contributed by atoms with Gasteiger partial charge in [-0.15, -0.1) is 0 Å². The Morgan fingerprint density at radius 1 is 0.958 bits per heavy atom. The van der Waals surface area contributed by atoms with E-state index in [1.54, 1.807) is 0 Å². The molecular weight excluding hydrogens is 300 g/mol. The van der Waals surface area contributed by atoms with Crippen molar-refractivity contribution in [2.45, 2.75) is 63.5 Å². The largest absolute Gasteiger partial charge is 0.379 e. The van der Waals surface area contributed by atoms with Gasteiger partial charge in [-0.3, -0.25) is 9.80 Å². The Bertz CT molecular complexity index is 429. The molecule has 0 aromatic carbocycles. The third-order valence-electron chi connectivity index (χ3n) is 7.94. The highest BCUT2D eigenvalue weighted by atomic mass is 16.5. The number of ether oxygens (including phenoxy) is 2. The summed E-state index contributed by atoms with van der Waals surface area (Å²) >= 11 is 0. The van der Waals surface area contributed by atoms with E-state index in [9.17, 15) is 0 Å². The molecule has 0 aromatic heterocycles. The van der Waals surface area contributed by atoms with E-state index >= 15 is 0 Å². The summed E-state index contributed by atoms with van der Waals surface area (Å²) in [5, 5.41) is 0. The first-order chi connectivity index (χ1) is 11.7. The maximum absolute atomic E-state index is 5.85. The first kappa shape index (κ1) is 17.3. The van der Waals surface area contributed by atoms with Crippen LogP contribution < -0.4 is 0 Å². The first-order valence-electron chi connectivity index (χ1n) is 10.4. The fourth-order valence-corrected chi connectivity index (χ4v) is 6.31. The molecule has 0 aliphatic carbocycles. The molecule has 0 N–H and O–H groups in total. The minimum absolute atomic E-state index is 0.374. The zero-order chi connectivity index (χ0) is 16.6. The van der Waals surface area contributed by atoms with Crippen molar-refractivity contribution in [3.63, 3.8) is 0 Å². The smallest absolute Gasteiger partial charge is 0.0654 e. The van der Waals surface area contributed by atoms with Gasteiger partial charge >= 0.3 is 0 Å². The van der Waals surface area contributed by atoms with E-state index in [2.05, 4.69) is 23.6 Å². The first-order valence-corrected chi connectivity index (χ1v) is 10.4. The normalized spacial score (nSPS) is 43.8. The van der Waals surface area contributed by atoms with Crippen LogP contribution >= 0.6 is 0 Å². The van der Waals surface area contributed by atoms with Gasteiger partial charge in [0.2, 0.25) is 0 Å². The number of hydrogen-bond donors (Lipinski definition) is 0. The van der Waals surface area contributed by atoms with Crippen LogP contribution in [-0.4, -0.2) is 73.5 Å². The molecule has 4 aliphatic heterocycles. The molecule has 0 amide bonds. The molecule has 4 nitrogen and oxygen atoms in total. The van der Waals surface area contributed by atoms with Gasteiger partial charge in [0.25, 0.3) is 0 Å². The number of likely N-dealkylation sites (tertiary alicyclic amines) is 2. The van der Waals surface area contributed by atoms with Crippen molar-refractivity contribution in [1.82, 2.24) is 9.80 Å². The maximum atomic E-state index is 5.85. The summed E-state index contributed by atoms with van der Waals surface area (Å²) in [6.45, 7) is 13.7. The predicted molar refractivity (Wildman–Crippen MR) is 96.3 cm³/mol. The molecule has 4 fully saturated rings. The number of nitrogens with zero attached hydrogens (tertiary/aromatic N) is 2. The van der Waals surface area contributed by atoms with E-state index in [1.165, 1.54) is 64.7 Å². The van der Waals surface area contributed by atoms with Crippen molar-refractivity contribution in [2.24, 2.45) is 11.8 Å². The lowest BCUT2D eigenvalue weighted by Gasteiger charge is -2.39. The molecule has 4 rings (SSSR count). The Hall–Kier alpha value is -0.160. The number of likely N-dealkylation sites (N-methyl/N-ethyl adjacent to an activating group) is 1. The zero-order valence-corrected chi connectivity index (χ0v) is 15.8. The summed E-state index contributed by atoms with van der Waals surface area (Å²) in [5.41, 5.74) is 0.750. The summed E-state index contributed by atoms with van der Waals surface area (Å²) in [6, 6.07) is 0. The van der Waals surface area contributed by atoms with Gasteiger partial charge in [0.15, 0.2) is 0 Å². The van der Waals surface area contributed by atoms with Gasteiger partial charge in [-0.25, -0.2) is 0 Å². The van der Waals surface area contributed by atoms with Gasteiger partial charge in [-0.2, -0.15) is 0 Å². The quantitative estimate of drug-likeness (QED) is 0.771. The third kappa shape index (κ3) is 2.65. The fourth-order valence-electron chi connectivity index (χ4n) is 6.31. The predicted octanol–water partition coefficient (Wildman–Crippen LogP) is 2.77. The van der Waals surface area contributed by atoms with Crippen LogP contribution in [-0.2, 0) is 9.47 Å². The molecule has 0 unspecified atom stereocenters. The van der Waals surface area contributed by atoms with Gasteiger partial charge in [-0.1, -0.05) is 13.8 Å². The van der Waals surface area contributed by atoms with Crippen LogP contribution in [0.5, 0.6) is 0 Å².